The number of carbonyl (C=O) groups excluding carboxylic acids is 1. The van der Waals surface area contributed by atoms with Gasteiger partial charge in [0.15, 0.2) is 5.82 Å². The standard InChI is InChI=1S/C25H24N6O4/c1-4-35-24(32)18-15-28-25(30-20-10-5-6-13-26-20)31-23(18)29-19-9-7-8-17(22(19)34-3)16-11-12-21(33-2)27-14-16/h5-15H,4H2,1-3H3,(H2,26,28,29,30,31). The van der Waals surface area contributed by atoms with E-state index < -0.39 is 5.97 Å². The highest BCUT2D eigenvalue weighted by molar-refractivity contribution is 5.96. The van der Waals surface area contributed by atoms with Crippen LogP contribution in [0.1, 0.15) is 17.3 Å². The predicted molar refractivity (Wildman–Crippen MR) is 132 cm³/mol. The highest BCUT2D eigenvalue weighted by atomic mass is 16.5. The molecule has 0 bridgehead atoms. The summed E-state index contributed by atoms with van der Waals surface area (Å²) in [4.78, 5) is 29.9. The molecular weight excluding hydrogens is 448 g/mol. The zero-order chi connectivity index (χ0) is 24.6. The van der Waals surface area contributed by atoms with Crippen molar-refractivity contribution in [1.82, 2.24) is 19.9 Å². The molecule has 0 saturated carbocycles. The third kappa shape index (κ3) is 5.44. The van der Waals surface area contributed by atoms with Crippen molar-refractivity contribution in [2.45, 2.75) is 6.92 Å². The summed E-state index contributed by atoms with van der Waals surface area (Å²) in [5.74, 6) is 1.58. The first-order valence-electron chi connectivity index (χ1n) is 10.8. The number of anilines is 4. The fourth-order valence-corrected chi connectivity index (χ4v) is 3.32. The first kappa shape index (κ1) is 23.4. The number of para-hydroxylation sites is 1. The van der Waals surface area contributed by atoms with Crippen molar-refractivity contribution < 1.29 is 19.0 Å². The number of esters is 1. The number of pyridine rings is 2. The Kier molecular flexibility index (Phi) is 7.31. The Morgan fingerprint density at radius 3 is 2.49 bits per heavy atom. The molecule has 178 valence electrons. The molecule has 1 aromatic carbocycles. The molecule has 0 atom stereocenters. The fourth-order valence-electron chi connectivity index (χ4n) is 3.32. The fraction of sp³-hybridized carbons (Fsp3) is 0.160. The average molecular weight is 473 g/mol. The Labute approximate surface area is 202 Å². The summed E-state index contributed by atoms with van der Waals surface area (Å²) in [6, 6.07) is 14.7. The second-order valence-electron chi connectivity index (χ2n) is 7.12. The van der Waals surface area contributed by atoms with Gasteiger partial charge in [0.2, 0.25) is 11.8 Å². The number of hydrogen-bond acceptors (Lipinski definition) is 10. The van der Waals surface area contributed by atoms with Gasteiger partial charge in [-0.1, -0.05) is 18.2 Å². The summed E-state index contributed by atoms with van der Waals surface area (Å²) in [5.41, 5.74) is 2.40. The summed E-state index contributed by atoms with van der Waals surface area (Å²) < 4.78 is 16.1. The SMILES string of the molecule is CCOC(=O)c1cnc(Nc2ccccn2)nc1Nc1cccc(-c2ccc(OC)nc2)c1OC. The molecule has 0 aliphatic carbocycles. The Bertz CT molecular complexity index is 1300. The van der Waals surface area contributed by atoms with Crippen molar-refractivity contribution in [2.75, 3.05) is 31.5 Å². The first-order valence-corrected chi connectivity index (χ1v) is 10.8. The van der Waals surface area contributed by atoms with E-state index in [2.05, 4.69) is 30.6 Å². The molecule has 3 heterocycles. The van der Waals surface area contributed by atoms with Crippen molar-refractivity contribution in [3.05, 3.63) is 72.7 Å². The van der Waals surface area contributed by atoms with Gasteiger partial charge in [0, 0.05) is 35.8 Å². The number of rotatable bonds is 9. The molecule has 0 unspecified atom stereocenters. The Morgan fingerprint density at radius 2 is 1.80 bits per heavy atom. The minimum Gasteiger partial charge on any atom is -0.494 e. The number of nitrogens with zero attached hydrogens (tertiary/aromatic N) is 4. The van der Waals surface area contributed by atoms with Crippen LogP contribution in [0.25, 0.3) is 11.1 Å². The van der Waals surface area contributed by atoms with E-state index >= 15 is 0 Å². The van der Waals surface area contributed by atoms with Crippen LogP contribution in [0.15, 0.2) is 67.1 Å². The summed E-state index contributed by atoms with van der Waals surface area (Å²) in [6.45, 7) is 1.95. The molecule has 0 aliphatic rings. The van der Waals surface area contributed by atoms with Gasteiger partial charge in [0.05, 0.1) is 26.5 Å². The maximum absolute atomic E-state index is 12.6. The van der Waals surface area contributed by atoms with Crippen molar-refractivity contribution in [3.63, 3.8) is 0 Å². The first-order chi connectivity index (χ1) is 17.1. The van der Waals surface area contributed by atoms with Gasteiger partial charge in [-0.3, -0.25) is 0 Å². The lowest BCUT2D eigenvalue weighted by molar-refractivity contribution is 0.0526. The van der Waals surface area contributed by atoms with Crippen LogP contribution in [0.3, 0.4) is 0 Å². The van der Waals surface area contributed by atoms with Crippen LogP contribution in [-0.4, -0.2) is 46.7 Å². The van der Waals surface area contributed by atoms with E-state index in [4.69, 9.17) is 14.2 Å². The van der Waals surface area contributed by atoms with Gasteiger partial charge in [-0.2, -0.15) is 4.98 Å². The lowest BCUT2D eigenvalue weighted by Gasteiger charge is -2.17. The lowest BCUT2D eigenvalue weighted by Crippen LogP contribution is -2.12. The van der Waals surface area contributed by atoms with Gasteiger partial charge in [-0.25, -0.2) is 19.7 Å². The molecule has 0 radical (unpaired) electrons. The second-order valence-corrected chi connectivity index (χ2v) is 7.12. The van der Waals surface area contributed by atoms with Crippen molar-refractivity contribution in [1.29, 1.82) is 0 Å². The molecule has 35 heavy (non-hydrogen) atoms. The van der Waals surface area contributed by atoms with Gasteiger partial charge in [-0.05, 0) is 31.2 Å². The van der Waals surface area contributed by atoms with Crippen molar-refractivity contribution >= 4 is 29.2 Å². The van der Waals surface area contributed by atoms with Crippen LogP contribution in [0.5, 0.6) is 11.6 Å². The zero-order valence-corrected chi connectivity index (χ0v) is 19.5. The minimum absolute atomic E-state index is 0.178. The second kappa shape index (κ2) is 10.9. The lowest BCUT2D eigenvalue weighted by atomic mass is 10.1. The topological polar surface area (TPSA) is 120 Å². The normalized spacial score (nSPS) is 10.4. The Balaban J connectivity index is 1.73. The molecule has 3 aromatic heterocycles. The molecule has 0 saturated heterocycles. The number of methoxy groups -OCH3 is 2. The van der Waals surface area contributed by atoms with E-state index in [0.717, 1.165) is 11.1 Å². The van der Waals surface area contributed by atoms with Crippen LogP contribution in [0.2, 0.25) is 0 Å². The third-order valence-electron chi connectivity index (χ3n) is 4.92. The van der Waals surface area contributed by atoms with E-state index in [1.165, 1.54) is 6.20 Å². The largest absolute Gasteiger partial charge is 0.494 e. The smallest absolute Gasteiger partial charge is 0.343 e. The van der Waals surface area contributed by atoms with Crippen molar-refractivity contribution in [2.24, 2.45) is 0 Å². The Morgan fingerprint density at radius 1 is 0.914 bits per heavy atom. The van der Waals surface area contributed by atoms with E-state index in [9.17, 15) is 4.79 Å². The van der Waals surface area contributed by atoms with Crippen LogP contribution in [0, 0.1) is 0 Å². The van der Waals surface area contributed by atoms with Gasteiger partial charge < -0.3 is 24.8 Å². The molecule has 0 aliphatic heterocycles. The highest BCUT2D eigenvalue weighted by Crippen LogP contribution is 2.38. The summed E-state index contributed by atoms with van der Waals surface area (Å²) in [6.07, 6.45) is 4.76. The minimum atomic E-state index is -0.547. The monoisotopic (exact) mass is 472 g/mol. The van der Waals surface area contributed by atoms with Gasteiger partial charge in [-0.15, -0.1) is 0 Å². The summed E-state index contributed by atoms with van der Waals surface area (Å²) in [5, 5.41) is 6.24. The molecule has 10 heteroatoms. The number of hydrogen-bond donors (Lipinski definition) is 2. The molecule has 4 rings (SSSR count). The van der Waals surface area contributed by atoms with Crippen LogP contribution in [0.4, 0.5) is 23.3 Å². The third-order valence-corrected chi connectivity index (χ3v) is 4.92. The number of carbonyl (C=O) groups is 1. The summed E-state index contributed by atoms with van der Waals surface area (Å²) >= 11 is 0. The zero-order valence-electron chi connectivity index (χ0n) is 19.5. The molecule has 0 fully saturated rings. The molecule has 0 spiro atoms. The van der Waals surface area contributed by atoms with Gasteiger partial charge in [0.1, 0.15) is 17.1 Å². The van der Waals surface area contributed by atoms with E-state index in [1.54, 1.807) is 51.7 Å². The number of aromatic nitrogens is 4. The maximum Gasteiger partial charge on any atom is 0.343 e. The van der Waals surface area contributed by atoms with E-state index in [-0.39, 0.29) is 23.9 Å². The van der Waals surface area contributed by atoms with Gasteiger partial charge in [0.25, 0.3) is 0 Å². The van der Waals surface area contributed by atoms with Crippen LogP contribution < -0.4 is 20.1 Å². The highest BCUT2D eigenvalue weighted by Gasteiger charge is 2.19. The predicted octanol–water partition coefficient (Wildman–Crippen LogP) is 4.61. The molecule has 2 N–H and O–H groups in total. The molecule has 4 aromatic rings. The van der Waals surface area contributed by atoms with Crippen LogP contribution >= 0.6 is 0 Å². The van der Waals surface area contributed by atoms with Crippen LogP contribution in [-0.2, 0) is 4.74 Å². The van der Waals surface area contributed by atoms with E-state index in [0.29, 0.717) is 23.1 Å². The van der Waals surface area contributed by atoms with Crippen molar-refractivity contribution in [3.8, 4) is 22.8 Å². The molecule has 10 nitrogen and oxygen atoms in total. The van der Waals surface area contributed by atoms with Gasteiger partial charge >= 0.3 is 5.97 Å². The average Bonchev–Trinajstić information content (AvgIpc) is 2.89. The quantitative estimate of drug-likeness (QED) is 0.334. The van der Waals surface area contributed by atoms with E-state index in [1.807, 2.05) is 30.3 Å². The number of nitrogens with one attached hydrogen (secondary N) is 2. The number of benzene rings is 1. The Hall–Kier alpha value is -4.73. The maximum atomic E-state index is 12.6. The number of ether oxygens (including phenoxy) is 3. The molecular formula is C25H24N6O4. The molecule has 0 amide bonds. The summed E-state index contributed by atoms with van der Waals surface area (Å²) in [7, 11) is 3.13.